The summed E-state index contributed by atoms with van der Waals surface area (Å²) in [5.41, 5.74) is 0.544. The van der Waals surface area contributed by atoms with E-state index in [9.17, 15) is 9.36 Å². The first-order chi connectivity index (χ1) is 5.78. The van der Waals surface area contributed by atoms with Gasteiger partial charge in [-0.15, -0.1) is 0 Å². The molecule has 1 N–H and O–H groups in total. The van der Waals surface area contributed by atoms with Gasteiger partial charge in [-0.05, 0) is 6.92 Å². The summed E-state index contributed by atoms with van der Waals surface area (Å²) in [6.45, 7) is 6.43. The van der Waals surface area contributed by atoms with Gasteiger partial charge in [0, 0.05) is 12.8 Å². The van der Waals surface area contributed by atoms with Crippen molar-refractivity contribution in [2.45, 2.75) is 6.92 Å². The van der Waals surface area contributed by atoms with Crippen LogP contribution in [0.3, 0.4) is 0 Å². The molecule has 2 atom stereocenters. The Bertz CT molecular complexity index is 253. The summed E-state index contributed by atoms with van der Waals surface area (Å²) >= 11 is 0. The summed E-state index contributed by atoms with van der Waals surface area (Å²) in [4.78, 5) is 20.2. The van der Waals surface area contributed by atoms with E-state index >= 15 is 0 Å². The van der Waals surface area contributed by atoms with Gasteiger partial charge in [0.1, 0.15) is 0 Å². The van der Waals surface area contributed by atoms with Crippen LogP contribution in [0.4, 0.5) is 0 Å². The first-order valence-electron chi connectivity index (χ1n) is 3.80. The Balaban J connectivity index is 4.55. The van der Waals surface area contributed by atoms with Crippen molar-refractivity contribution in [3.05, 3.63) is 12.2 Å². The van der Waals surface area contributed by atoms with E-state index in [2.05, 4.69) is 11.3 Å². The van der Waals surface area contributed by atoms with E-state index in [-0.39, 0.29) is 6.16 Å². The van der Waals surface area contributed by atoms with Crippen molar-refractivity contribution in [1.29, 1.82) is 0 Å². The minimum atomic E-state index is -3.20. The Morgan fingerprint density at radius 1 is 1.69 bits per heavy atom. The molecule has 13 heavy (non-hydrogen) atoms. The lowest BCUT2D eigenvalue weighted by molar-refractivity contribution is -0.143. The quantitative estimate of drug-likeness (QED) is 0.427. The van der Waals surface area contributed by atoms with E-state index in [1.165, 1.54) is 13.8 Å². The van der Waals surface area contributed by atoms with Gasteiger partial charge in [-0.25, -0.2) is 0 Å². The van der Waals surface area contributed by atoms with Crippen LogP contribution in [0.2, 0.25) is 0 Å². The maximum atomic E-state index is 11.1. The molecule has 0 saturated heterocycles. The highest BCUT2D eigenvalue weighted by Crippen LogP contribution is 2.39. The predicted octanol–water partition coefficient (Wildman–Crippen LogP) is 1.25. The minimum Gasteiger partial charge on any atom is -0.469 e. The minimum absolute atomic E-state index is 0.102. The van der Waals surface area contributed by atoms with Gasteiger partial charge in [0.25, 0.3) is 0 Å². The van der Waals surface area contributed by atoms with E-state index in [1.807, 2.05) is 0 Å². The third kappa shape index (κ3) is 4.86. The van der Waals surface area contributed by atoms with Gasteiger partial charge in [-0.3, -0.25) is 9.36 Å². The maximum absolute atomic E-state index is 11.1. The monoisotopic (exact) mass is 206 g/mol. The molecule has 2 unspecified atom stereocenters. The molecular formula is C8H15O4P. The van der Waals surface area contributed by atoms with Crippen LogP contribution in [0.15, 0.2) is 12.2 Å². The number of carbonyl (C=O) groups is 1. The van der Waals surface area contributed by atoms with E-state index in [0.29, 0.717) is 5.57 Å². The number of ether oxygens (including phenoxy) is 1. The summed E-state index contributed by atoms with van der Waals surface area (Å²) < 4.78 is 15.5. The van der Waals surface area contributed by atoms with Gasteiger partial charge in [0.2, 0.25) is 0 Å². The van der Waals surface area contributed by atoms with Gasteiger partial charge in [0.15, 0.2) is 7.37 Å². The smallest absolute Gasteiger partial charge is 0.313 e. The van der Waals surface area contributed by atoms with Crippen LogP contribution in [0.25, 0.3) is 0 Å². The number of esters is 1. The summed E-state index contributed by atoms with van der Waals surface area (Å²) in [5.74, 6) is -1.19. The van der Waals surface area contributed by atoms with Crippen LogP contribution in [0.5, 0.6) is 0 Å². The second-order valence-corrected chi connectivity index (χ2v) is 5.62. The Morgan fingerprint density at radius 3 is 2.38 bits per heavy atom. The number of hydrogen-bond acceptors (Lipinski definition) is 3. The van der Waals surface area contributed by atoms with E-state index in [4.69, 9.17) is 4.89 Å². The molecule has 0 aliphatic rings. The Morgan fingerprint density at radius 2 is 2.15 bits per heavy atom. The van der Waals surface area contributed by atoms with Crippen molar-refractivity contribution >= 4 is 13.3 Å². The molecular weight excluding hydrogens is 191 g/mol. The highest BCUT2D eigenvalue weighted by Gasteiger charge is 2.26. The van der Waals surface area contributed by atoms with Crippen LogP contribution in [0, 0.1) is 5.92 Å². The number of carbonyl (C=O) groups excluding carboxylic acids is 1. The van der Waals surface area contributed by atoms with Crippen molar-refractivity contribution in [3.8, 4) is 0 Å². The average Bonchev–Trinajstić information content (AvgIpc) is 1.96. The molecule has 0 aromatic heterocycles. The zero-order valence-electron chi connectivity index (χ0n) is 8.11. The molecule has 0 amide bonds. The fourth-order valence-electron chi connectivity index (χ4n) is 0.913. The highest BCUT2D eigenvalue weighted by molar-refractivity contribution is 7.57. The first kappa shape index (κ1) is 12.4. The van der Waals surface area contributed by atoms with Crippen LogP contribution < -0.4 is 0 Å². The van der Waals surface area contributed by atoms with Crippen LogP contribution in [0.1, 0.15) is 6.92 Å². The molecule has 5 heteroatoms. The molecule has 0 heterocycles. The third-order valence-electron chi connectivity index (χ3n) is 1.60. The van der Waals surface area contributed by atoms with Gasteiger partial charge in [0.05, 0.1) is 13.0 Å². The third-order valence-corrected chi connectivity index (χ3v) is 2.64. The normalized spacial score (nSPS) is 17.2. The van der Waals surface area contributed by atoms with Crippen molar-refractivity contribution in [2.24, 2.45) is 5.92 Å². The summed E-state index contributed by atoms with van der Waals surface area (Å²) in [6.07, 6.45) is -0.102. The van der Waals surface area contributed by atoms with Gasteiger partial charge >= 0.3 is 5.97 Å². The fraction of sp³-hybridized carbons (Fsp3) is 0.625. The van der Waals surface area contributed by atoms with Gasteiger partial charge in [-0.2, -0.15) is 0 Å². The topological polar surface area (TPSA) is 63.6 Å². The number of rotatable bonds is 4. The second kappa shape index (κ2) is 4.58. The molecule has 0 aliphatic heterocycles. The average molecular weight is 206 g/mol. The molecule has 0 spiro atoms. The Hall–Kier alpha value is -0.600. The lowest BCUT2D eigenvalue weighted by atomic mass is 10.1. The molecule has 0 fully saturated rings. The zero-order valence-corrected chi connectivity index (χ0v) is 9.01. The van der Waals surface area contributed by atoms with Crippen LogP contribution >= 0.6 is 7.37 Å². The van der Waals surface area contributed by atoms with E-state index in [0.717, 1.165) is 0 Å². The maximum Gasteiger partial charge on any atom is 0.313 e. The Kier molecular flexibility index (Phi) is 4.37. The molecule has 0 bridgehead atoms. The van der Waals surface area contributed by atoms with Crippen molar-refractivity contribution in [1.82, 2.24) is 0 Å². The molecule has 0 radical (unpaired) electrons. The Labute approximate surface area is 78.0 Å². The molecule has 0 aromatic carbocycles. The fourth-order valence-corrected chi connectivity index (χ4v) is 2.05. The predicted molar refractivity (Wildman–Crippen MR) is 50.9 cm³/mol. The van der Waals surface area contributed by atoms with E-state index < -0.39 is 19.3 Å². The summed E-state index contributed by atoms with van der Waals surface area (Å²) in [6, 6.07) is 0. The lowest BCUT2D eigenvalue weighted by Crippen LogP contribution is -2.20. The highest BCUT2D eigenvalue weighted by atomic mass is 31.2. The zero-order chi connectivity index (χ0) is 10.6. The summed E-state index contributed by atoms with van der Waals surface area (Å²) in [7, 11) is -1.96. The molecule has 0 saturated carbocycles. The molecule has 0 aliphatic carbocycles. The van der Waals surface area contributed by atoms with E-state index in [1.54, 1.807) is 6.92 Å². The molecule has 4 nitrogen and oxygen atoms in total. The molecule has 76 valence electrons. The van der Waals surface area contributed by atoms with Crippen molar-refractivity contribution < 1.29 is 19.0 Å². The molecule has 0 aromatic rings. The van der Waals surface area contributed by atoms with Gasteiger partial charge < -0.3 is 9.63 Å². The number of hydrogen-bond donors (Lipinski definition) is 1. The standard InChI is InChI=1S/C8H15O4P/c1-6(2)7(8(9)12-3)5-13(4,10)11/h7H,1,5H2,2-4H3,(H,10,11). The van der Waals surface area contributed by atoms with Crippen molar-refractivity contribution in [3.63, 3.8) is 0 Å². The summed E-state index contributed by atoms with van der Waals surface area (Å²) in [5, 5.41) is 0. The van der Waals surface area contributed by atoms with Crippen LogP contribution in [-0.2, 0) is 14.1 Å². The number of methoxy groups -OCH3 is 1. The van der Waals surface area contributed by atoms with Crippen molar-refractivity contribution in [2.75, 3.05) is 19.9 Å². The van der Waals surface area contributed by atoms with Crippen LogP contribution in [-0.4, -0.2) is 30.8 Å². The lowest BCUT2D eigenvalue weighted by Gasteiger charge is -2.15. The second-order valence-electron chi connectivity index (χ2n) is 3.16. The molecule has 0 rings (SSSR count). The first-order valence-corrected chi connectivity index (χ1v) is 6.09. The SMILES string of the molecule is C=C(C)C(CP(C)(=O)O)C(=O)OC. The largest absolute Gasteiger partial charge is 0.469 e. The van der Waals surface area contributed by atoms with Gasteiger partial charge in [-0.1, -0.05) is 12.2 Å².